The minimum absolute atomic E-state index is 0.142. The van der Waals surface area contributed by atoms with E-state index in [4.69, 9.17) is 14.0 Å². The molecule has 0 aromatic carbocycles. The topological polar surface area (TPSA) is 72.8 Å². The second-order valence-corrected chi connectivity index (χ2v) is 8.03. The molecule has 0 saturated carbocycles. The van der Waals surface area contributed by atoms with Crippen molar-refractivity contribution in [2.75, 3.05) is 58.4 Å². The van der Waals surface area contributed by atoms with Crippen LogP contribution in [0.3, 0.4) is 0 Å². The molecule has 0 heterocycles. The van der Waals surface area contributed by atoms with Crippen molar-refractivity contribution >= 4 is 10.1 Å². The van der Waals surface area contributed by atoms with E-state index in [1.54, 1.807) is 0 Å². The van der Waals surface area contributed by atoms with Crippen molar-refractivity contribution in [2.45, 2.75) is 52.9 Å². The van der Waals surface area contributed by atoms with Crippen LogP contribution < -0.4 is 0 Å². The molecule has 0 aromatic heterocycles. The lowest BCUT2D eigenvalue weighted by Crippen LogP contribution is -2.52. The maximum absolute atomic E-state index is 10.8. The molecule has 0 atom stereocenters. The van der Waals surface area contributed by atoms with Gasteiger partial charge in [0.2, 0.25) is 0 Å². The summed E-state index contributed by atoms with van der Waals surface area (Å²) in [5.74, 6) is -0.142. The van der Waals surface area contributed by atoms with Crippen LogP contribution in [0.5, 0.6) is 0 Å². The van der Waals surface area contributed by atoms with Gasteiger partial charge in [-0.2, -0.15) is 8.42 Å². The lowest BCUT2D eigenvalue weighted by molar-refractivity contribution is -0.928. The summed E-state index contributed by atoms with van der Waals surface area (Å²) in [6.07, 6.45) is 4.53. The molecule has 0 unspecified atom stereocenters. The number of hydrogen-bond acceptors (Lipinski definition) is 4. The number of hydrogen-bond donors (Lipinski definition) is 1. The molecule has 1 N–H and O–H groups in total. The van der Waals surface area contributed by atoms with Crippen molar-refractivity contribution in [3.63, 3.8) is 0 Å². The van der Waals surface area contributed by atoms with Gasteiger partial charge in [-0.3, -0.25) is 4.55 Å². The van der Waals surface area contributed by atoms with Gasteiger partial charge in [-0.05, 0) is 32.1 Å². The SMILES string of the molecule is CCCOCCOCC[N+](CCC)(CCC)CCCCS(=O)(=O)O. The Kier molecular flexibility index (Phi) is 13.9. The zero-order valence-electron chi connectivity index (χ0n) is 15.8. The smallest absolute Gasteiger partial charge is 0.264 e. The molecule has 24 heavy (non-hydrogen) atoms. The summed E-state index contributed by atoms with van der Waals surface area (Å²) in [5, 5.41) is 0. The molecule has 0 aliphatic rings. The highest BCUT2D eigenvalue weighted by Crippen LogP contribution is 2.13. The predicted octanol–water partition coefficient (Wildman–Crippen LogP) is 2.73. The average molecular weight is 369 g/mol. The molecule has 0 spiro atoms. The molecule has 0 saturated heterocycles. The van der Waals surface area contributed by atoms with Crippen LogP contribution in [0.2, 0.25) is 0 Å². The maximum Gasteiger partial charge on any atom is 0.264 e. The molecule has 0 amide bonds. The van der Waals surface area contributed by atoms with E-state index in [-0.39, 0.29) is 5.75 Å². The van der Waals surface area contributed by atoms with Crippen molar-refractivity contribution in [1.82, 2.24) is 0 Å². The lowest BCUT2D eigenvalue weighted by Gasteiger charge is -2.38. The van der Waals surface area contributed by atoms with Crippen LogP contribution in [-0.2, 0) is 19.6 Å². The van der Waals surface area contributed by atoms with Crippen LogP contribution in [0.1, 0.15) is 52.9 Å². The van der Waals surface area contributed by atoms with Crippen LogP contribution >= 0.6 is 0 Å². The lowest BCUT2D eigenvalue weighted by atomic mass is 10.2. The Hall–Kier alpha value is -0.210. The van der Waals surface area contributed by atoms with E-state index in [9.17, 15) is 8.42 Å². The average Bonchev–Trinajstić information content (AvgIpc) is 2.50. The van der Waals surface area contributed by atoms with E-state index in [0.717, 1.165) is 63.0 Å². The number of rotatable bonds is 17. The molecule has 0 aliphatic carbocycles. The summed E-state index contributed by atoms with van der Waals surface area (Å²) in [6.45, 7) is 13.2. The highest BCUT2D eigenvalue weighted by Gasteiger charge is 2.25. The third kappa shape index (κ3) is 13.1. The third-order valence-corrected chi connectivity index (χ3v) is 4.92. The fraction of sp³-hybridized carbons (Fsp3) is 1.00. The van der Waals surface area contributed by atoms with E-state index >= 15 is 0 Å². The van der Waals surface area contributed by atoms with E-state index in [0.29, 0.717) is 26.2 Å². The first-order valence-corrected chi connectivity index (χ1v) is 11.0. The van der Waals surface area contributed by atoms with Gasteiger partial charge in [-0.1, -0.05) is 20.8 Å². The van der Waals surface area contributed by atoms with Gasteiger partial charge in [0, 0.05) is 6.61 Å². The van der Waals surface area contributed by atoms with E-state index in [1.165, 1.54) is 0 Å². The Morgan fingerprint density at radius 2 is 1.33 bits per heavy atom. The van der Waals surface area contributed by atoms with Gasteiger partial charge in [-0.15, -0.1) is 0 Å². The van der Waals surface area contributed by atoms with Gasteiger partial charge >= 0.3 is 0 Å². The molecule has 146 valence electrons. The highest BCUT2D eigenvalue weighted by atomic mass is 32.2. The number of ether oxygens (including phenoxy) is 2. The van der Waals surface area contributed by atoms with Crippen LogP contribution in [0.15, 0.2) is 0 Å². The van der Waals surface area contributed by atoms with Crippen LogP contribution in [0, 0.1) is 0 Å². The molecular weight excluding hydrogens is 330 g/mol. The second-order valence-electron chi connectivity index (χ2n) is 6.45. The number of unbranched alkanes of at least 4 members (excludes halogenated alkanes) is 1. The summed E-state index contributed by atoms with van der Waals surface area (Å²) in [6, 6.07) is 0. The monoisotopic (exact) mass is 368 g/mol. The molecule has 0 bridgehead atoms. The van der Waals surface area contributed by atoms with E-state index in [2.05, 4.69) is 20.8 Å². The minimum atomic E-state index is -3.84. The van der Waals surface area contributed by atoms with Gasteiger partial charge in [0.25, 0.3) is 10.1 Å². The Morgan fingerprint density at radius 1 is 0.750 bits per heavy atom. The fourth-order valence-electron chi connectivity index (χ4n) is 3.08. The van der Waals surface area contributed by atoms with Gasteiger partial charge in [0.05, 0.1) is 45.2 Å². The van der Waals surface area contributed by atoms with Crippen molar-refractivity contribution in [1.29, 1.82) is 0 Å². The van der Waals surface area contributed by atoms with Crippen molar-refractivity contribution < 1.29 is 26.9 Å². The van der Waals surface area contributed by atoms with Crippen LogP contribution in [-0.4, -0.2) is 75.8 Å². The Labute approximate surface area is 148 Å². The standard InChI is InChI=1S/C17H37NO5S/c1-4-9-18(10-5-2,11-7-8-17-24(19,20)21)12-14-23-16-15-22-13-6-3/h4-17H2,1-3H3/p+1. The van der Waals surface area contributed by atoms with E-state index in [1.807, 2.05) is 0 Å². The molecule has 0 radical (unpaired) electrons. The van der Waals surface area contributed by atoms with Crippen molar-refractivity contribution in [3.8, 4) is 0 Å². The van der Waals surface area contributed by atoms with Gasteiger partial charge in [-0.25, -0.2) is 0 Å². The second kappa shape index (κ2) is 14.0. The maximum atomic E-state index is 10.8. The summed E-state index contributed by atoms with van der Waals surface area (Å²) >= 11 is 0. The Balaban J connectivity index is 4.27. The predicted molar refractivity (Wildman–Crippen MR) is 97.9 cm³/mol. The Morgan fingerprint density at radius 3 is 1.83 bits per heavy atom. The highest BCUT2D eigenvalue weighted by molar-refractivity contribution is 7.85. The summed E-state index contributed by atoms with van der Waals surface area (Å²) < 4.78 is 42.6. The molecule has 0 fully saturated rings. The molecule has 6 nitrogen and oxygen atoms in total. The Bertz CT molecular complexity index is 380. The molecule has 7 heteroatoms. The van der Waals surface area contributed by atoms with Crippen molar-refractivity contribution in [3.05, 3.63) is 0 Å². The van der Waals surface area contributed by atoms with Gasteiger partial charge < -0.3 is 14.0 Å². The van der Waals surface area contributed by atoms with Crippen molar-refractivity contribution in [2.24, 2.45) is 0 Å². The molecule has 0 aromatic rings. The number of nitrogens with zero attached hydrogens (tertiary/aromatic N) is 1. The number of quaternary nitrogens is 1. The largest absolute Gasteiger partial charge is 0.379 e. The minimum Gasteiger partial charge on any atom is -0.379 e. The quantitative estimate of drug-likeness (QED) is 0.243. The van der Waals surface area contributed by atoms with Crippen LogP contribution in [0.4, 0.5) is 0 Å². The van der Waals surface area contributed by atoms with Gasteiger partial charge in [0.1, 0.15) is 6.54 Å². The van der Waals surface area contributed by atoms with Crippen LogP contribution in [0.25, 0.3) is 0 Å². The molecule has 0 rings (SSSR count). The van der Waals surface area contributed by atoms with E-state index < -0.39 is 10.1 Å². The summed E-state index contributed by atoms with van der Waals surface area (Å²) in [4.78, 5) is 0. The zero-order valence-corrected chi connectivity index (χ0v) is 16.7. The molecular formula is C17H38NO5S+. The summed E-state index contributed by atoms with van der Waals surface area (Å²) in [5.41, 5.74) is 0. The first-order valence-electron chi connectivity index (χ1n) is 9.35. The fourth-order valence-corrected chi connectivity index (χ4v) is 3.64. The zero-order chi connectivity index (χ0) is 18.3. The third-order valence-electron chi connectivity index (χ3n) is 4.11. The summed E-state index contributed by atoms with van der Waals surface area (Å²) in [7, 11) is -3.84. The molecule has 0 aliphatic heterocycles. The normalized spacial score (nSPS) is 12.7. The first-order chi connectivity index (χ1) is 11.4. The first kappa shape index (κ1) is 23.8. The van der Waals surface area contributed by atoms with Gasteiger partial charge in [0.15, 0.2) is 0 Å².